The lowest BCUT2D eigenvalue weighted by molar-refractivity contribution is 0.107. The Morgan fingerprint density at radius 1 is 1.70 bits per heavy atom. The van der Waals surface area contributed by atoms with Crippen LogP contribution in [0.3, 0.4) is 0 Å². The van der Waals surface area contributed by atoms with Gasteiger partial charge in [0.1, 0.15) is 0 Å². The fourth-order valence-electron chi connectivity index (χ4n) is 0.461. The van der Waals surface area contributed by atoms with Gasteiger partial charge >= 0.3 is 0 Å². The van der Waals surface area contributed by atoms with Gasteiger partial charge in [-0.2, -0.15) is 9.49 Å². The van der Waals surface area contributed by atoms with Crippen LogP contribution in [0.4, 0.5) is 4.39 Å². The molecule has 1 rings (SSSR count). The van der Waals surface area contributed by atoms with Crippen LogP contribution >= 0.6 is 11.6 Å². The van der Waals surface area contributed by atoms with Gasteiger partial charge in [-0.1, -0.05) is 0 Å². The maximum absolute atomic E-state index is 12.4. The van der Waals surface area contributed by atoms with Crippen LogP contribution in [0.1, 0.15) is 10.4 Å². The van der Waals surface area contributed by atoms with E-state index >= 15 is 0 Å². The van der Waals surface area contributed by atoms with Crippen molar-refractivity contribution in [1.29, 1.82) is 0 Å². The topological polar surface area (TPSA) is 42.9 Å². The van der Waals surface area contributed by atoms with Gasteiger partial charge in [-0.15, -0.1) is 5.10 Å². The molecule has 1 aromatic rings. The number of hydrogen-bond donors (Lipinski definition) is 0. The molecule has 0 saturated heterocycles. The third-order valence-electron chi connectivity index (χ3n) is 0.887. The lowest BCUT2D eigenvalue weighted by Gasteiger charge is -1.90. The molecule has 52 valence electrons. The second-order valence-electron chi connectivity index (χ2n) is 1.51. The summed E-state index contributed by atoms with van der Waals surface area (Å²) in [6, 6.07) is 1.16. The van der Waals surface area contributed by atoms with Crippen molar-refractivity contribution in [2.75, 3.05) is 0 Å². The summed E-state index contributed by atoms with van der Waals surface area (Å²) in [5.74, 6) is -0.942. The minimum Gasteiger partial charge on any atom is -0.275 e. The molecule has 0 spiro atoms. The normalized spacial score (nSPS) is 9.40. The summed E-state index contributed by atoms with van der Waals surface area (Å²) in [6.45, 7) is 0. The highest BCUT2D eigenvalue weighted by molar-refractivity contribution is 6.67. The molecule has 1 heterocycles. The van der Waals surface area contributed by atoms with Crippen molar-refractivity contribution in [3.05, 3.63) is 23.8 Å². The summed E-state index contributed by atoms with van der Waals surface area (Å²) < 4.78 is 12.4. The van der Waals surface area contributed by atoms with Crippen LogP contribution in [0.25, 0.3) is 0 Å². The average molecular weight is 161 g/mol. The van der Waals surface area contributed by atoms with Crippen molar-refractivity contribution >= 4 is 16.8 Å². The molecule has 1 aromatic heterocycles. The predicted octanol–water partition coefficient (Wildman–Crippen LogP) is 0.995. The minimum absolute atomic E-state index is 0.253. The van der Waals surface area contributed by atoms with E-state index in [2.05, 4.69) is 10.2 Å². The molecule has 0 bridgehead atoms. The zero-order valence-electron chi connectivity index (χ0n) is 4.71. The first-order valence-corrected chi connectivity index (χ1v) is 2.76. The number of rotatable bonds is 1. The highest BCUT2D eigenvalue weighted by Gasteiger charge is 2.08. The summed E-state index contributed by atoms with van der Waals surface area (Å²) in [5, 5.41) is 5.30. The standard InChI is InChI=1S/C5H2ClFN2O/c6-4(10)3-1-2-8-9-5(3)7/h1-2H. The maximum Gasteiger partial charge on any atom is 0.257 e. The SMILES string of the molecule is O=C(Cl)c1ccnnc1F. The van der Waals surface area contributed by atoms with Gasteiger partial charge in [0.05, 0.1) is 11.8 Å². The van der Waals surface area contributed by atoms with E-state index in [1.807, 2.05) is 0 Å². The molecule has 0 saturated carbocycles. The minimum atomic E-state index is -0.942. The van der Waals surface area contributed by atoms with Crippen LogP contribution in [0.2, 0.25) is 0 Å². The third-order valence-corrected chi connectivity index (χ3v) is 1.09. The molecule has 0 radical (unpaired) electrons. The van der Waals surface area contributed by atoms with Crippen molar-refractivity contribution in [2.24, 2.45) is 0 Å². The Balaban J connectivity index is 3.15. The summed E-state index contributed by atoms with van der Waals surface area (Å²) in [4.78, 5) is 10.3. The van der Waals surface area contributed by atoms with Gasteiger partial charge in [0.15, 0.2) is 0 Å². The molecular formula is C5H2ClFN2O. The molecule has 5 heteroatoms. The first-order valence-electron chi connectivity index (χ1n) is 2.39. The summed E-state index contributed by atoms with van der Waals surface area (Å²) in [7, 11) is 0. The Morgan fingerprint density at radius 3 is 2.80 bits per heavy atom. The molecule has 3 nitrogen and oxygen atoms in total. The zero-order chi connectivity index (χ0) is 7.56. The molecule has 0 unspecified atom stereocenters. The van der Waals surface area contributed by atoms with E-state index < -0.39 is 11.2 Å². The fourth-order valence-corrected chi connectivity index (χ4v) is 0.602. The van der Waals surface area contributed by atoms with Gasteiger partial charge in [0.2, 0.25) is 5.95 Å². The molecule has 0 amide bonds. The molecule has 10 heavy (non-hydrogen) atoms. The maximum atomic E-state index is 12.4. The number of hydrogen-bond acceptors (Lipinski definition) is 3. The Bertz CT molecular complexity index is 266. The average Bonchev–Trinajstić information content (AvgIpc) is 1.88. The first-order chi connectivity index (χ1) is 4.72. The number of carbonyl (C=O) groups excluding carboxylic acids is 1. The van der Waals surface area contributed by atoms with Gasteiger partial charge in [-0.3, -0.25) is 4.79 Å². The Kier molecular flexibility index (Phi) is 1.91. The summed E-state index contributed by atoms with van der Waals surface area (Å²) >= 11 is 4.96. The van der Waals surface area contributed by atoms with E-state index in [0.717, 1.165) is 6.07 Å². The molecule has 0 aromatic carbocycles. The first kappa shape index (κ1) is 7.08. The predicted molar refractivity (Wildman–Crippen MR) is 32.2 cm³/mol. The summed E-state index contributed by atoms with van der Waals surface area (Å²) in [5.41, 5.74) is -0.253. The van der Waals surface area contributed by atoms with Gasteiger partial charge in [-0.05, 0) is 17.7 Å². The lowest BCUT2D eigenvalue weighted by Crippen LogP contribution is -1.97. The van der Waals surface area contributed by atoms with Crippen LogP contribution in [0, 0.1) is 5.95 Å². The van der Waals surface area contributed by atoms with Crippen molar-refractivity contribution in [2.45, 2.75) is 0 Å². The number of carbonyl (C=O) groups is 1. The van der Waals surface area contributed by atoms with E-state index in [4.69, 9.17) is 11.6 Å². The zero-order valence-corrected chi connectivity index (χ0v) is 5.47. The number of aromatic nitrogens is 2. The quantitative estimate of drug-likeness (QED) is 0.576. The molecular weight excluding hydrogens is 159 g/mol. The van der Waals surface area contributed by atoms with E-state index in [-0.39, 0.29) is 5.56 Å². The van der Waals surface area contributed by atoms with Crippen molar-refractivity contribution in [1.82, 2.24) is 10.2 Å². The van der Waals surface area contributed by atoms with E-state index in [1.54, 1.807) is 0 Å². The van der Waals surface area contributed by atoms with Crippen LogP contribution in [-0.4, -0.2) is 15.4 Å². The third kappa shape index (κ3) is 1.27. The number of halogens is 2. The Morgan fingerprint density at radius 2 is 2.40 bits per heavy atom. The van der Waals surface area contributed by atoms with Crippen molar-refractivity contribution in [3.8, 4) is 0 Å². The van der Waals surface area contributed by atoms with Gasteiger partial charge < -0.3 is 0 Å². The molecule has 0 fully saturated rings. The second-order valence-corrected chi connectivity index (χ2v) is 1.85. The second kappa shape index (κ2) is 2.70. The molecule has 0 aliphatic carbocycles. The smallest absolute Gasteiger partial charge is 0.257 e. The van der Waals surface area contributed by atoms with E-state index in [9.17, 15) is 9.18 Å². The van der Waals surface area contributed by atoms with Gasteiger partial charge in [0.25, 0.3) is 5.24 Å². The van der Waals surface area contributed by atoms with Crippen LogP contribution < -0.4 is 0 Å². The van der Waals surface area contributed by atoms with E-state index in [0.29, 0.717) is 0 Å². The van der Waals surface area contributed by atoms with Crippen molar-refractivity contribution in [3.63, 3.8) is 0 Å². The molecule has 0 atom stereocenters. The molecule has 0 aliphatic heterocycles. The van der Waals surface area contributed by atoms with E-state index in [1.165, 1.54) is 6.20 Å². The summed E-state index contributed by atoms with van der Waals surface area (Å²) in [6.07, 6.45) is 1.19. The largest absolute Gasteiger partial charge is 0.275 e. The van der Waals surface area contributed by atoms with Crippen LogP contribution in [0.15, 0.2) is 12.3 Å². The Labute approximate surface area is 60.8 Å². The highest BCUT2D eigenvalue weighted by atomic mass is 35.5. The van der Waals surface area contributed by atoms with Crippen LogP contribution in [-0.2, 0) is 0 Å². The fraction of sp³-hybridized carbons (Fsp3) is 0. The Hall–Kier alpha value is -1.03. The van der Waals surface area contributed by atoms with Crippen molar-refractivity contribution < 1.29 is 9.18 Å². The molecule has 0 N–H and O–H groups in total. The van der Waals surface area contributed by atoms with Crippen LogP contribution in [0.5, 0.6) is 0 Å². The lowest BCUT2D eigenvalue weighted by atomic mass is 10.3. The van der Waals surface area contributed by atoms with Gasteiger partial charge in [0, 0.05) is 0 Å². The highest BCUT2D eigenvalue weighted by Crippen LogP contribution is 2.04. The van der Waals surface area contributed by atoms with Gasteiger partial charge in [-0.25, -0.2) is 0 Å². The monoisotopic (exact) mass is 160 g/mol. The number of nitrogens with zero attached hydrogens (tertiary/aromatic N) is 2. The molecule has 0 aliphatic rings.